The lowest BCUT2D eigenvalue weighted by molar-refractivity contribution is -0.118. The average Bonchev–Trinajstić information content (AvgIpc) is 3.38. The molecule has 152 valence electrons. The predicted octanol–water partition coefficient (Wildman–Crippen LogP) is 2.88. The minimum absolute atomic E-state index is 0.0526. The van der Waals surface area contributed by atoms with Crippen molar-refractivity contribution in [3.05, 3.63) is 60.9 Å². The molecule has 2 aromatic carbocycles. The first-order chi connectivity index (χ1) is 14.7. The van der Waals surface area contributed by atoms with Gasteiger partial charge in [0.15, 0.2) is 29.8 Å². The molecule has 0 radical (unpaired) electrons. The monoisotopic (exact) mass is 406 g/mol. The van der Waals surface area contributed by atoms with Crippen LogP contribution in [-0.2, 0) is 11.3 Å². The SMILES string of the molecule is O=C(COc1nc2ccccc2o1)Nc1cnn(CC2COc3ccccc3O2)c1. The first kappa shape index (κ1) is 18.0. The van der Waals surface area contributed by atoms with Gasteiger partial charge in [-0.05, 0) is 24.3 Å². The Morgan fingerprint density at radius 3 is 2.90 bits per heavy atom. The van der Waals surface area contributed by atoms with Crippen molar-refractivity contribution >= 4 is 22.7 Å². The summed E-state index contributed by atoms with van der Waals surface area (Å²) < 4.78 is 24.1. The highest BCUT2D eigenvalue weighted by atomic mass is 16.6. The molecule has 1 amide bonds. The number of carbonyl (C=O) groups excluding carboxylic acids is 1. The van der Waals surface area contributed by atoms with E-state index in [-0.39, 0.29) is 24.7 Å². The van der Waals surface area contributed by atoms with Gasteiger partial charge >= 0.3 is 6.08 Å². The largest absolute Gasteiger partial charge is 0.486 e. The Balaban J connectivity index is 1.13. The minimum Gasteiger partial charge on any atom is -0.486 e. The number of para-hydroxylation sites is 4. The fourth-order valence-corrected chi connectivity index (χ4v) is 3.13. The van der Waals surface area contributed by atoms with Crippen molar-refractivity contribution in [3.63, 3.8) is 0 Å². The predicted molar refractivity (Wildman–Crippen MR) is 107 cm³/mol. The van der Waals surface area contributed by atoms with E-state index in [2.05, 4.69) is 15.4 Å². The Labute approximate surface area is 171 Å². The topological polar surface area (TPSA) is 101 Å². The summed E-state index contributed by atoms with van der Waals surface area (Å²) >= 11 is 0. The summed E-state index contributed by atoms with van der Waals surface area (Å²) in [4.78, 5) is 16.3. The summed E-state index contributed by atoms with van der Waals surface area (Å²) in [6.07, 6.45) is 3.17. The molecule has 0 bridgehead atoms. The molecule has 9 heteroatoms. The zero-order valence-corrected chi connectivity index (χ0v) is 15.9. The molecule has 5 rings (SSSR count). The molecular weight excluding hydrogens is 388 g/mol. The molecule has 2 aromatic heterocycles. The summed E-state index contributed by atoms with van der Waals surface area (Å²) in [7, 11) is 0. The summed E-state index contributed by atoms with van der Waals surface area (Å²) in [5.74, 6) is 1.11. The number of amides is 1. The van der Waals surface area contributed by atoms with Crippen molar-refractivity contribution in [2.75, 3.05) is 18.5 Å². The third kappa shape index (κ3) is 3.90. The summed E-state index contributed by atoms with van der Waals surface area (Å²) in [6.45, 7) is 0.689. The lowest BCUT2D eigenvalue weighted by Crippen LogP contribution is -2.33. The van der Waals surface area contributed by atoms with Gasteiger partial charge in [-0.25, -0.2) is 0 Å². The van der Waals surface area contributed by atoms with Crippen LogP contribution in [0.1, 0.15) is 0 Å². The van der Waals surface area contributed by atoms with E-state index in [1.807, 2.05) is 36.4 Å². The lowest BCUT2D eigenvalue weighted by atomic mass is 10.2. The van der Waals surface area contributed by atoms with E-state index < -0.39 is 0 Å². The Morgan fingerprint density at radius 2 is 2.00 bits per heavy atom. The second-order valence-corrected chi connectivity index (χ2v) is 6.73. The van der Waals surface area contributed by atoms with Crippen LogP contribution in [0, 0.1) is 0 Å². The number of benzene rings is 2. The Morgan fingerprint density at radius 1 is 1.17 bits per heavy atom. The smallest absolute Gasteiger partial charge is 0.395 e. The number of fused-ring (bicyclic) bond motifs is 2. The number of nitrogens with one attached hydrogen (secondary N) is 1. The number of aromatic nitrogens is 3. The van der Waals surface area contributed by atoms with Crippen LogP contribution in [0.25, 0.3) is 11.1 Å². The standard InChI is InChI=1S/C21H18N4O5/c26-20(13-28-21-24-16-5-1-2-6-17(16)30-21)23-14-9-22-25(10-14)11-15-12-27-18-7-3-4-8-19(18)29-15/h1-10,15H,11-13H2,(H,23,26). The van der Waals surface area contributed by atoms with E-state index in [0.717, 1.165) is 5.75 Å². The van der Waals surface area contributed by atoms with Crippen LogP contribution in [0.4, 0.5) is 5.69 Å². The molecule has 3 heterocycles. The third-order valence-electron chi connectivity index (χ3n) is 4.48. The lowest BCUT2D eigenvalue weighted by Gasteiger charge is -2.26. The number of anilines is 1. The highest BCUT2D eigenvalue weighted by Gasteiger charge is 2.21. The Kier molecular flexibility index (Phi) is 4.68. The Hall–Kier alpha value is -4.01. The zero-order chi connectivity index (χ0) is 20.3. The quantitative estimate of drug-likeness (QED) is 0.525. The van der Waals surface area contributed by atoms with Crippen molar-refractivity contribution < 1.29 is 23.4 Å². The molecule has 1 aliphatic heterocycles. The number of hydrogen-bond donors (Lipinski definition) is 1. The van der Waals surface area contributed by atoms with Gasteiger partial charge in [-0.15, -0.1) is 0 Å². The van der Waals surface area contributed by atoms with Gasteiger partial charge in [0.2, 0.25) is 0 Å². The minimum atomic E-state index is -0.344. The van der Waals surface area contributed by atoms with Crippen molar-refractivity contribution in [1.29, 1.82) is 0 Å². The molecular formula is C21H18N4O5. The maximum Gasteiger partial charge on any atom is 0.395 e. The van der Waals surface area contributed by atoms with Crippen LogP contribution in [0.2, 0.25) is 0 Å². The molecule has 0 spiro atoms. The van der Waals surface area contributed by atoms with E-state index in [1.165, 1.54) is 0 Å². The van der Waals surface area contributed by atoms with Gasteiger partial charge in [0.1, 0.15) is 12.1 Å². The van der Waals surface area contributed by atoms with E-state index in [4.69, 9.17) is 18.6 Å². The maximum absolute atomic E-state index is 12.2. The van der Waals surface area contributed by atoms with Crippen LogP contribution in [0.3, 0.4) is 0 Å². The van der Waals surface area contributed by atoms with Crippen molar-refractivity contribution in [1.82, 2.24) is 14.8 Å². The fraction of sp³-hybridized carbons (Fsp3) is 0.190. The van der Waals surface area contributed by atoms with Crippen LogP contribution >= 0.6 is 0 Å². The van der Waals surface area contributed by atoms with Gasteiger partial charge in [0.25, 0.3) is 5.91 Å². The van der Waals surface area contributed by atoms with Crippen molar-refractivity contribution in [2.24, 2.45) is 0 Å². The molecule has 1 N–H and O–H groups in total. The maximum atomic E-state index is 12.2. The number of oxazole rings is 1. The van der Waals surface area contributed by atoms with Crippen LogP contribution in [0.15, 0.2) is 65.3 Å². The van der Waals surface area contributed by atoms with Crippen LogP contribution in [0.5, 0.6) is 17.6 Å². The molecule has 4 aromatic rings. The summed E-state index contributed by atoms with van der Waals surface area (Å²) in [6, 6.07) is 14.8. The normalized spacial score (nSPS) is 15.1. The number of rotatable bonds is 6. The van der Waals surface area contributed by atoms with Crippen molar-refractivity contribution in [3.8, 4) is 17.6 Å². The third-order valence-corrected chi connectivity index (χ3v) is 4.48. The van der Waals surface area contributed by atoms with E-state index in [0.29, 0.717) is 35.7 Å². The highest BCUT2D eigenvalue weighted by molar-refractivity contribution is 5.91. The molecule has 9 nitrogen and oxygen atoms in total. The number of nitrogens with zero attached hydrogens (tertiary/aromatic N) is 3. The molecule has 0 aliphatic carbocycles. The fourth-order valence-electron chi connectivity index (χ4n) is 3.13. The molecule has 0 saturated heterocycles. The van der Waals surface area contributed by atoms with Crippen LogP contribution in [-0.4, -0.2) is 40.0 Å². The van der Waals surface area contributed by atoms with E-state index in [9.17, 15) is 4.79 Å². The van der Waals surface area contributed by atoms with Gasteiger partial charge in [-0.1, -0.05) is 24.3 Å². The van der Waals surface area contributed by atoms with Gasteiger partial charge in [0, 0.05) is 6.20 Å². The van der Waals surface area contributed by atoms with Crippen LogP contribution < -0.4 is 19.5 Å². The number of carbonyl (C=O) groups is 1. The van der Waals surface area contributed by atoms with E-state index >= 15 is 0 Å². The summed E-state index contributed by atoms with van der Waals surface area (Å²) in [5, 5.41) is 6.99. The van der Waals surface area contributed by atoms with Gasteiger partial charge < -0.3 is 23.9 Å². The molecule has 0 fully saturated rings. The highest BCUT2D eigenvalue weighted by Crippen LogP contribution is 2.31. The average molecular weight is 406 g/mol. The first-order valence-corrected chi connectivity index (χ1v) is 9.42. The molecule has 1 aliphatic rings. The second-order valence-electron chi connectivity index (χ2n) is 6.73. The number of hydrogen-bond acceptors (Lipinski definition) is 7. The number of ether oxygens (including phenoxy) is 3. The Bertz CT molecular complexity index is 1150. The first-order valence-electron chi connectivity index (χ1n) is 9.42. The zero-order valence-electron chi connectivity index (χ0n) is 15.9. The molecule has 0 saturated carbocycles. The van der Waals surface area contributed by atoms with Gasteiger partial charge in [0.05, 0.1) is 18.4 Å². The molecule has 30 heavy (non-hydrogen) atoms. The second kappa shape index (κ2) is 7.78. The van der Waals surface area contributed by atoms with E-state index in [1.54, 1.807) is 29.2 Å². The molecule has 1 atom stereocenters. The van der Waals surface area contributed by atoms with Gasteiger partial charge in [-0.3, -0.25) is 9.48 Å². The molecule has 1 unspecified atom stereocenters. The summed E-state index contributed by atoms with van der Waals surface area (Å²) in [5.41, 5.74) is 1.83. The van der Waals surface area contributed by atoms with Crippen molar-refractivity contribution in [2.45, 2.75) is 12.6 Å². The van der Waals surface area contributed by atoms with Gasteiger partial charge in [-0.2, -0.15) is 10.1 Å².